The van der Waals surface area contributed by atoms with Crippen LogP contribution in [0.4, 0.5) is 38.0 Å². The maximum absolute atomic E-state index is 15.0. The zero-order chi connectivity index (χ0) is 44.7. The summed E-state index contributed by atoms with van der Waals surface area (Å²) in [7, 11) is 0. The quantitative estimate of drug-likeness (QED) is 0.143. The first kappa shape index (κ1) is 41.7. The molecule has 0 unspecified atom stereocenters. The van der Waals surface area contributed by atoms with Crippen LogP contribution in [0.2, 0.25) is 5.02 Å². The summed E-state index contributed by atoms with van der Waals surface area (Å²) in [6, 6.07) is 14.3. The number of aryl methyl sites for hydroxylation is 1. The normalized spacial score (nSPS) is 16.7. The molecule has 2 aliphatic heterocycles. The van der Waals surface area contributed by atoms with Gasteiger partial charge in [-0.15, -0.1) is 0 Å². The van der Waals surface area contributed by atoms with E-state index in [9.17, 15) is 31.5 Å². The molecule has 0 bridgehead atoms. The fourth-order valence-electron chi connectivity index (χ4n) is 9.28. The molecule has 1 amide bonds. The summed E-state index contributed by atoms with van der Waals surface area (Å²) in [4.78, 5) is 50.6. The number of benzene rings is 2. The van der Waals surface area contributed by atoms with Gasteiger partial charge in [-0.05, 0) is 93.1 Å². The molecule has 0 radical (unpaired) electrons. The summed E-state index contributed by atoms with van der Waals surface area (Å²) >= 11 is 6.03. The Morgan fingerprint density at radius 2 is 1.72 bits per heavy atom. The standard InChI is InChI=1S/C45H39ClF6N10O2/c1-25-38-40(57-42(55-25)56-28-6-8-33(47)35(49)20-28)62(29-10-16-58(17-11-29)24-44(13-14-44)45(50,51)52)43(64)61(38)30-7-9-36(54-21-30)41(63)59-18-12-31-32-3-2-15-53-39(32)60(37(31)23-59)22-26-4-5-27(46)19-34(26)48/h2-9,15,19-21,29H,10-14,16-18,22-24H2,1H3,(H,55,56,57). The number of nitrogens with one attached hydrogen (secondary N) is 1. The molecule has 3 aliphatic rings. The summed E-state index contributed by atoms with van der Waals surface area (Å²) < 4.78 is 89.3. The molecule has 1 saturated heterocycles. The molecule has 12 nitrogen and oxygen atoms in total. The topological polar surface area (TPSA) is 119 Å². The monoisotopic (exact) mass is 900 g/mol. The lowest BCUT2D eigenvalue weighted by molar-refractivity contribution is -0.192. The van der Waals surface area contributed by atoms with E-state index in [1.54, 1.807) is 41.1 Å². The number of amides is 1. The molecular weight excluding hydrogens is 862 g/mol. The molecule has 0 atom stereocenters. The predicted molar refractivity (Wildman–Crippen MR) is 226 cm³/mol. The minimum atomic E-state index is -4.29. The second-order valence-electron chi connectivity index (χ2n) is 16.8. The molecule has 2 aromatic carbocycles. The number of likely N-dealkylation sites (tertiary alicyclic amines) is 1. The third-order valence-corrected chi connectivity index (χ3v) is 13.1. The van der Waals surface area contributed by atoms with Crippen molar-refractivity contribution in [2.45, 2.75) is 64.3 Å². The van der Waals surface area contributed by atoms with Crippen LogP contribution in [-0.2, 0) is 19.5 Å². The number of nitrogens with zero attached hydrogens (tertiary/aromatic N) is 9. The van der Waals surface area contributed by atoms with Gasteiger partial charge in [0, 0.05) is 71.8 Å². The summed E-state index contributed by atoms with van der Waals surface area (Å²) in [6.45, 7) is 3.01. The van der Waals surface area contributed by atoms with Gasteiger partial charge in [-0.25, -0.2) is 32.9 Å². The van der Waals surface area contributed by atoms with Crippen molar-refractivity contribution in [3.8, 4) is 5.69 Å². The number of hydrogen-bond acceptors (Lipinski definition) is 8. The lowest BCUT2D eigenvalue weighted by Crippen LogP contribution is -2.43. The van der Waals surface area contributed by atoms with Gasteiger partial charge >= 0.3 is 11.9 Å². The van der Waals surface area contributed by atoms with Gasteiger partial charge < -0.3 is 19.7 Å². The molecule has 64 heavy (non-hydrogen) atoms. The molecule has 5 aromatic heterocycles. The van der Waals surface area contributed by atoms with Crippen molar-refractivity contribution < 1.29 is 31.1 Å². The molecule has 7 aromatic rings. The van der Waals surface area contributed by atoms with Gasteiger partial charge in [-0.3, -0.25) is 13.9 Å². The number of alkyl halides is 3. The summed E-state index contributed by atoms with van der Waals surface area (Å²) in [5.74, 6) is -2.91. The molecule has 0 spiro atoms. The molecule has 1 N–H and O–H groups in total. The van der Waals surface area contributed by atoms with Crippen LogP contribution in [0.5, 0.6) is 0 Å². The second-order valence-corrected chi connectivity index (χ2v) is 17.3. The lowest BCUT2D eigenvalue weighted by Gasteiger charge is -2.35. The van der Waals surface area contributed by atoms with Crippen molar-refractivity contribution in [1.29, 1.82) is 0 Å². The van der Waals surface area contributed by atoms with Crippen LogP contribution in [0.15, 0.2) is 77.9 Å². The van der Waals surface area contributed by atoms with E-state index < -0.39 is 40.8 Å². The summed E-state index contributed by atoms with van der Waals surface area (Å²) in [5, 5.41) is 4.10. The van der Waals surface area contributed by atoms with Crippen LogP contribution in [0.3, 0.4) is 0 Å². The highest BCUT2D eigenvalue weighted by Gasteiger charge is 2.63. The Bertz CT molecular complexity index is 3040. The van der Waals surface area contributed by atoms with Gasteiger partial charge in [0.15, 0.2) is 17.3 Å². The lowest BCUT2D eigenvalue weighted by atomic mass is 10.0. The van der Waals surface area contributed by atoms with Crippen molar-refractivity contribution in [2.75, 3.05) is 31.5 Å². The minimum absolute atomic E-state index is 0.0112. The number of rotatable bonds is 9. The first-order valence-electron chi connectivity index (χ1n) is 20.9. The SMILES string of the molecule is Cc1nc(Nc2ccc(F)c(F)c2)nc2c1n(-c1ccc(C(=O)N3CCc4c(n(Cc5ccc(Cl)cc5F)c5ncccc45)C3)nc1)c(=O)n2C1CCN(CC2(C(F)(F)F)CC2)CC1. The summed E-state index contributed by atoms with van der Waals surface area (Å²) in [5.41, 5.74) is 2.28. The fourth-order valence-corrected chi connectivity index (χ4v) is 9.44. The third kappa shape index (κ3) is 7.35. The number of fused-ring (bicyclic) bond motifs is 4. The van der Waals surface area contributed by atoms with Gasteiger partial charge in [0.05, 0.1) is 36.1 Å². The molecular formula is C45H39ClF6N10O2. The average Bonchev–Trinajstić information content (AvgIpc) is 3.93. The van der Waals surface area contributed by atoms with E-state index in [-0.39, 0.29) is 66.4 Å². The first-order chi connectivity index (χ1) is 30.7. The molecule has 1 aliphatic carbocycles. The number of aromatic nitrogens is 7. The molecule has 10 rings (SSSR count). The maximum atomic E-state index is 15.0. The Labute approximate surface area is 366 Å². The number of anilines is 2. The molecule has 19 heteroatoms. The summed E-state index contributed by atoms with van der Waals surface area (Å²) in [6.07, 6.45) is 0.268. The van der Waals surface area contributed by atoms with E-state index >= 15 is 4.39 Å². The number of halogens is 7. The Balaban J connectivity index is 0.957. The van der Waals surface area contributed by atoms with Gasteiger partial charge in [-0.1, -0.05) is 17.7 Å². The first-order valence-corrected chi connectivity index (χ1v) is 21.2. The number of hydrogen-bond donors (Lipinski definition) is 1. The number of pyridine rings is 2. The van der Waals surface area contributed by atoms with Crippen LogP contribution in [-0.4, -0.2) is 81.7 Å². The number of carbonyl (C=O) groups excluding carboxylic acids is 1. The highest BCUT2D eigenvalue weighted by atomic mass is 35.5. The Hall–Kier alpha value is -6.27. The molecule has 330 valence electrons. The number of imidazole rings is 1. The van der Waals surface area contributed by atoms with Crippen LogP contribution in [0.25, 0.3) is 27.9 Å². The van der Waals surface area contributed by atoms with Crippen LogP contribution >= 0.6 is 11.6 Å². The number of piperidine rings is 1. The second kappa shape index (κ2) is 15.8. The predicted octanol–water partition coefficient (Wildman–Crippen LogP) is 8.68. The molecule has 7 heterocycles. The number of carbonyl (C=O) groups is 1. The average molecular weight is 901 g/mol. The minimum Gasteiger partial charge on any atom is -0.331 e. The van der Waals surface area contributed by atoms with Crippen molar-refractivity contribution in [2.24, 2.45) is 5.41 Å². The van der Waals surface area contributed by atoms with E-state index in [4.69, 9.17) is 16.6 Å². The van der Waals surface area contributed by atoms with Crippen LogP contribution < -0.4 is 11.0 Å². The Morgan fingerprint density at radius 1 is 0.922 bits per heavy atom. The van der Waals surface area contributed by atoms with Gasteiger partial charge in [0.1, 0.15) is 22.7 Å². The van der Waals surface area contributed by atoms with E-state index in [1.807, 2.05) is 16.7 Å². The zero-order valence-electron chi connectivity index (χ0n) is 34.3. The van der Waals surface area contributed by atoms with Crippen LogP contribution in [0.1, 0.15) is 64.7 Å². The van der Waals surface area contributed by atoms with Crippen molar-refractivity contribution in [3.63, 3.8) is 0 Å². The highest BCUT2D eigenvalue weighted by molar-refractivity contribution is 6.30. The van der Waals surface area contributed by atoms with E-state index in [0.717, 1.165) is 28.8 Å². The molecule has 2 fully saturated rings. The van der Waals surface area contributed by atoms with E-state index in [0.29, 0.717) is 67.0 Å². The van der Waals surface area contributed by atoms with Crippen molar-refractivity contribution in [1.82, 2.24) is 43.4 Å². The van der Waals surface area contributed by atoms with Crippen molar-refractivity contribution in [3.05, 3.63) is 134 Å². The third-order valence-electron chi connectivity index (χ3n) is 12.8. The van der Waals surface area contributed by atoms with Gasteiger partial charge in [0.2, 0.25) is 5.95 Å². The largest absolute Gasteiger partial charge is 0.395 e. The van der Waals surface area contributed by atoms with Crippen molar-refractivity contribution >= 4 is 51.3 Å². The fraction of sp³-hybridized carbons (Fsp3) is 0.333. The maximum Gasteiger partial charge on any atom is 0.395 e. The zero-order valence-corrected chi connectivity index (χ0v) is 35.0. The Morgan fingerprint density at radius 3 is 2.42 bits per heavy atom. The van der Waals surface area contributed by atoms with E-state index in [1.165, 1.54) is 33.5 Å². The van der Waals surface area contributed by atoms with Gasteiger partial charge in [-0.2, -0.15) is 18.2 Å². The van der Waals surface area contributed by atoms with E-state index in [2.05, 4.69) is 20.3 Å². The van der Waals surface area contributed by atoms with Gasteiger partial charge in [0.25, 0.3) is 5.91 Å². The molecule has 1 saturated carbocycles. The highest BCUT2D eigenvalue weighted by Crippen LogP contribution is 2.58. The Kier molecular flexibility index (Phi) is 10.3. The smallest absolute Gasteiger partial charge is 0.331 e. The van der Waals surface area contributed by atoms with Crippen LogP contribution in [0, 0.1) is 29.8 Å².